The molecule has 5 heterocycles. The minimum Gasteiger partial charge on any atom is -0.481 e. The number of rotatable bonds is 11. The van der Waals surface area contributed by atoms with Crippen molar-refractivity contribution in [1.29, 1.82) is 0 Å². The summed E-state index contributed by atoms with van der Waals surface area (Å²) >= 11 is 14.2. The molecule has 2 fully saturated rings. The summed E-state index contributed by atoms with van der Waals surface area (Å²) in [5, 5.41) is 16.2. The lowest BCUT2D eigenvalue weighted by atomic mass is 9.97. The number of fused-ring (bicyclic) bond motifs is 1. The van der Waals surface area contributed by atoms with Crippen LogP contribution in [-0.2, 0) is 22.7 Å². The van der Waals surface area contributed by atoms with Gasteiger partial charge in [-0.1, -0.05) is 59.6 Å². The molecule has 3 amide bonds. The van der Waals surface area contributed by atoms with Crippen LogP contribution >= 0.6 is 23.2 Å². The lowest BCUT2D eigenvalue weighted by Crippen LogP contribution is -2.52. The van der Waals surface area contributed by atoms with E-state index in [2.05, 4.69) is 15.6 Å². The lowest BCUT2D eigenvalue weighted by Gasteiger charge is -2.37. The zero-order valence-electron chi connectivity index (χ0n) is 29.5. The second-order valence-corrected chi connectivity index (χ2v) is 14.2. The molecular weight excluding hydrogens is 733 g/mol. The van der Waals surface area contributed by atoms with Gasteiger partial charge in [-0.25, -0.2) is 14.8 Å². The molecule has 2 aliphatic rings. The summed E-state index contributed by atoms with van der Waals surface area (Å²) in [6.07, 6.45) is 3.11. The molecule has 1 atom stereocenters. The smallest absolute Gasteiger partial charge is 0.407 e. The Kier molecular flexibility index (Phi) is 10.5. The van der Waals surface area contributed by atoms with Crippen molar-refractivity contribution in [3.05, 3.63) is 105 Å². The van der Waals surface area contributed by atoms with Crippen LogP contribution in [0.5, 0.6) is 5.88 Å². The molecule has 0 spiro atoms. The van der Waals surface area contributed by atoms with Crippen LogP contribution in [0.3, 0.4) is 0 Å². The van der Waals surface area contributed by atoms with Crippen LogP contribution in [0.2, 0.25) is 10.0 Å². The van der Waals surface area contributed by atoms with E-state index in [4.69, 9.17) is 32.9 Å². The number of amides is 3. The zero-order valence-corrected chi connectivity index (χ0v) is 31.0. The van der Waals surface area contributed by atoms with Crippen molar-refractivity contribution in [3.63, 3.8) is 0 Å². The van der Waals surface area contributed by atoms with E-state index in [0.717, 1.165) is 11.1 Å². The first-order chi connectivity index (χ1) is 26.0. The summed E-state index contributed by atoms with van der Waals surface area (Å²) in [4.78, 5) is 61.5. The van der Waals surface area contributed by atoms with Crippen molar-refractivity contribution in [2.24, 2.45) is 5.92 Å². The molecule has 0 aliphatic carbocycles. The molecule has 13 nitrogen and oxygen atoms in total. The highest BCUT2D eigenvalue weighted by atomic mass is 35.5. The Labute approximate surface area is 320 Å². The summed E-state index contributed by atoms with van der Waals surface area (Å²) in [7, 11) is 3.09. The SMILES string of the molecule is CNC(=O)C1CN(Cc2cnc3cc(-c4cccc(-c5cccc(-c6ccc(CN(C[C@@H]7CCC(=O)N7)C(=O)O)c(OC)n6)c5Cl)c4Cl)ccn3c2=O)C1. The number of hydrogen-bond donors (Lipinski definition) is 3. The fourth-order valence-corrected chi connectivity index (χ4v) is 7.67. The predicted molar refractivity (Wildman–Crippen MR) is 205 cm³/mol. The van der Waals surface area contributed by atoms with Crippen molar-refractivity contribution in [2.45, 2.75) is 32.0 Å². The van der Waals surface area contributed by atoms with E-state index in [1.807, 2.05) is 53.4 Å². The number of carbonyl (C=O) groups is 3. The Bertz CT molecular complexity index is 2350. The standard InChI is InChI=1S/C39H37Cl2N7O6/c1-42-36(50)25-18-46(19-25)17-24-16-43-32-15-22(13-14-48(32)38(24)51)27-5-3-6-28(34(27)40)29-7-4-8-30(35(29)41)31-11-9-23(37(45-31)54-2)20-47(39(52)53)21-26-10-12-33(49)44-26/h3-9,11,13-16,25-26H,10,12,17-21H2,1-2H3,(H,42,50)(H,44,49)(H,52,53)/t26-/m0/s1. The van der Waals surface area contributed by atoms with Gasteiger partial charge in [-0.05, 0) is 36.2 Å². The summed E-state index contributed by atoms with van der Waals surface area (Å²) in [6.45, 7) is 1.77. The number of pyridine rings is 2. The van der Waals surface area contributed by atoms with Gasteiger partial charge in [0.25, 0.3) is 5.56 Å². The van der Waals surface area contributed by atoms with Crippen LogP contribution in [0.15, 0.2) is 77.9 Å². The zero-order chi connectivity index (χ0) is 38.1. The number of hydrogen-bond acceptors (Lipinski definition) is 8. The van der Waals surface area contributed by atoms with Crippen molar-refractivity contribution < 1.29 is 24.2 Å². The van der Waals surface area contributed by atoms with Crippen molar-refractivity contribution in [3.8, 4) is 39.4 Å². The van der Waals surface area contributed by atoms with Crippen LogP contribution in [0.25, 0.3) is 39.2 Å². The average molecular weight is 771 g/mol. The fourth-order valence-electron chi connectivity index (χ4n) is 7.01. The molecule has 5 aromatic rings. The Balaban J connectivity index is 1.13. The number of methoxy groups -OCH3 is 1. The van der Waals surface area contributed by atoms with Gasteiger partial charge in [0.2, 0.25) is 17.7 Å². The van der Waals surface area contributed by atoms with Gasteiger partial charge in [0.15, 0.2) is 0 Å². The molecule has 0 unspecified atom stereocenters. The molecule has 2 aliphatic heterocycles. The summed E-state index contributed by atoms with van der Waals surface area (Å²) in [5.74, 6) is 0.104. The van der Waals surface area contributed by atoms with E-state index >= 15 is 0 Å². The second-order valence-electron chi connectivity index (χ2n) is 13.4. The third kappa shape index (κ3) is 7.34. The van der Waals surface area contributed by atoms with Gasteiger partial charge in [-0.15, -0.1) is 0 Å². The lowest BCUT2D eigenvalue weighted by molar-refractivity contribution is -0.130. The fraction of sp³-hybridized carbons (Fsp3) is 0.282. The third-order valence-electron chi connectivity index (χ3n) is 9.91. The molecule has 0 bridgehead atoms. The first-order valence-corrected chi connectivity index (χ1v) is 18.1. The van der Waals surface area contributed by atoms with Gasteiger partial charge < -0.3 is 25.4 Å². The molecule has 278 valence electrons. The normalized spacial score (nSPS) is 15.9. The van der Waals surface area contributed by atoms with Crippen LogP contribution in [0.1, 0.15) is 24.0 Å². The van der Waals surface area contributed by atoms with E-state index in [9.17, 15) is 24.3 Å². The molecule has 7 rings (SSSR count). The molecule has 0 radical (unpaired) electrons. The van der Waals surface area contributed by atoms with E-state index < -0.39 is 6.09 Å². The quantitative estimate of drug-likeness (QED) is 0.161. The minimum absolute atomic E-state index is 0.00485. The first-order valence-electron chi connectivity index (χ1n) is 17.4. The molecule has 0 saturated carbocycles. The topological polar surface area (TPSA) is 158 Å². The number of nitrogens with zero attached hydrogens (tertiary/aromatic N) is 5. The molecule has 3 N–H and O–H groups in total. The van der Waals surface area contributed by atoms with Crippen LogP contribution in [-0.4, -0.2) is 87.0 Å². The van der Waals surface area contributed by atoms with Crippen molar-refractivity contribution in [2.75, 3.05) is 33.8 Å². The predicted octanol–water partition coefficient (Wildman–Crippen LogP) is 5.34. The highest BCUT2D eigenvalue weighted by Gasteiger charge is 2.32. The van der Waals surface area contributed by atoms with Crippen LogP contribution < -0.4 is 20.9 Å². The maximum atomic E-state index is 13.3. The molecule has 54 heavy (non-hydrogen) atoms. The van der Waals surface area contributed by atoms with E-state index in [1.165, 1.54) is 16.4 Å². The monoisotopic (exact) mass is 769 g/mol. The summed E-state index contributed by atoms with van der Waals surface area (Å²) in [5.41, 5.74) is 5.39. The maximum Gasteiger partial charge on any atom is 0.407 e. The number of nitrogens with one attached hydrogen (secondary N) is 2. The van der Waals surface area contributed by atoms with Crippen LogP contribution in [0, 0.1) is 5.92 Å². The first kappa shape index (κ1) is 36.8. The minimum atomic E-state index is -1.11. The molecular formula is C39H37Cl2N7O6. The second kappa shape index (κ2) is 15.5. The molecule has 2 aromatic carbocycles. The maximum absolute atomic E-state index is 13.3. The Morgan fingerprint density at radius 2 is 1.70 bits per heavy atom. The van der Waals surface area contributed by atoms with Crippen molar-refractivity contribution in [1.82, 2.24) is 34.8 Å². The number of likely N-dealkylation sites (tertiary alicyclic amines) is 1. The Morgan fingerprint density at radius 3 is 2.37 bits per heavy atom. The number of aromatic nitrogens is 3. The number of halogens is 2. The third-order valence-corrected chi connectivity index (χ3v) is 10.7. The van der Waals surface area contributed by atoms with Gasteiger partial charge >= 0.3 is 6.09 Å². The van der Waals surface area contributed by atoms with E-state index in [1.54, 1.807) is 31.6 Å². The average Bonchev–Trinajstić information content (AvgIpc) is 3.57. The molecule has 3 aromatic heterocycles. The number of benzene rings is 2. The Morgan fingerprint density at radius 1 is 1.00 bits per heavy atom. The largest absolute Gasteiger partial charge is 0.481 e. The number of ether oxygens (including phenoxy) is 1. The van der Waals surface area contributed by atoms with Gasteiger partial charge in [0.05, 0.1) is 40.9 Å². The van der Waals surface area contributed by atoms with Gasteiger partial charge in [-0.2, -0.15) is 0 Å². The van der Waals surface area contributed by atoms with E-state index in [-0.39, 0.29) is 48.3 Å². The van der Waals surface area contributed by atoms with Crippen molar-refractivity contribution >= 4 is 46.8 Å². The van der Waals surface area contributed by atoms with Crippen LogP contribution in [0.4, 0.5) is 4.79 Å². The van der Waals surface area contributed by atoms with E-state index in [0.29, 0.717) is 81.7 Å². The Hall–Kier alpha value is -5.50. The number of carboxylic acid groups (broad SMARTS) is 1. The van der Waals surface area contributed by atoms with Gasteiger partial charge in [-0.3, -0.25) is 23.7 Å². The van der Waals surface area contributed by atoms with Gasteiger partial charge in [0, 0.05) is 85.9 Å². The van der Waals surface area contributed by atoms with Gasteiger partial charge in [0.1, 0.15) is 5.65 Å². The highest BCUT2D eigenvalue weighted by molar-refractivity contribution is 6.39. The molecule has 15 heteroatoms. The number of carbonyl (C=O) groups excluding carboxylic acids is 2. The molecule has 2 saturated heterocycles. The summed E-state index contributed by atoms with van der Waals surface area (Å²) < 4.78 is 7.10. The summed E-state index contributed by atoms with van der Waals surface area (Å²) in [6, 6.07) is 18.1. The highest BCUT2D eigenvalue weighted by Crippen LogP contribution is 2.42.